The SMILES string of the molecule is C[C@@]1(C2CCC3CCC=C4C(=O)OCC4C32)CO1. The number of rotatable bonds is 1. The summed E-state index contributed by atoms with van der Waals surface area (Å²) in [5.41, 5.74) is 1.07. The number of allylic oxidation sites excluding steroid dienone is 1. The molecule has 5 atom stereocenters. The predicted octanol–water partition coefficient (Wildman–Crippen LogP) is 2.31. The minimum atomic E-state index is -0.0619. The average molecular weight is 248 g/mol. The molecule has 4 unspecified atom stereocenters. The highest BCUT2D eigenvalue weighted by Crippen LogP contribution is 2.56. The van der Waals surface area contributed by atoms with Crippen LogP contribution in [0.5, 0.6) is 0 Å². The van der Waals surface area contributed by atoms with Crippen molar-refractivity contribution in [3.05, 3.63) is 11.6 Å². The molecule has 2 saturated heterocycles. The van der Waals surface area contributed by atoms with Crippen LogP contribution in [0.25, 0.3) is 0 Å². The van der Waals surface area contributed by atoms with Crippen molar-refractivity contribution >= 4 is 5.97 Å². The van der Waals surface area contributed by atoms with Crippen LogP contribution in [-0.4, -0.2) is 24.8 Å². The van der Waals surface area contributed by atoms with E-state index in [-0.39, 0.29) is 11.6 Å². The summed E-state index contributed by atoms with van der Waals surface area (Å²) >= 11 is 0. The van der Waals surface area contributed by atoms with E-state index in [2.05, 4.69) is 13.0 Å². The quantitative estimate of drug-likeness (QED) is 0.528. The molecule has 0 aromatic heterocycles. The maximum atomic E-state index is 11.8. The number of fused-ring (bicyclic) bond motifs is 3. The Hall–Kier alpha value is -0.830. The van der Waals surface area contributed by atoms with Gasteiger partial charge in [0.2, 0.25) is 0 Å². The van der Waals surface area contributed by atoms with E-state index in [0.717, 1.165) is 24.5 Å². The fraction of sp³-hybridized carbons (Fsp3) is 0.800. The van der Waals surface area contributed by atoms with Gasteiger partial charge >= 0.3 is 5.97 Å². The molecule has 4 aliphatic rings. The molecule has 0 spiro atoms. The molecule has 0 amide bonds. The molecule has 2 aliphatic heterocycles. The van der Waals surface area contributed by atoms with Gasteiger partial charge in [0.25, 0.3) is 0 Å². The van der Waals surface area contributed by atoms with Gasteiger partial charge in [0, 0.05) is 11.5 Å². The van der Waals surface area contributed by atoms with Crippen molar-refractivity contribution in [2.75, 3.05) is 13.2 Å². The highest BCUT2D eigenvalue weighted by molar-refractivity contribution is 5.91. The Morgan fingerprint density at radius 1 is 1.33 bits per heavy atom. The van der Waals surface area contributed by atoms with E-state index in [9.17, 15) is 4.79 Å². The molecular formula is C15H20O3. The maximum Gasteiger partial charge on any atom is 0.334 e. The third-order valence-corrected chi connectivity index (χ3v) is 5.64. The molecule has 0 aromatic rings. The van der Waals surface area contributed by atoms with Gasteiger partial charge in [-0.05, 0) is 50.4 Å². The second kappa shape index (κ2) is 3.60. The van der Waals surface area contributed by atoms with E-state index in [1.54, 1.807) is 0 Å². The van der Waals surface area contributed by atoms with Gasteiger partial charge in [0.1, 0.15) is 0 Å². The zero-order valence-electron chi connectivity index (χ0n) is 10.9. The Morgan fingerprint density at radius 3 is 2.94 bits per heavy atom. The van der Waals surface area contributed by atoms with Crippen LogP contribution in [0.2, 0.25) is 0 Å². The first-order chi connectivity index (χ1) is 8.69. The van der Waals surface area contributed by atoms with Gasteiger partial charge in [-0.3, -0.25) is 0 Å². The first-order valence-electron chi connectivity index (χ1n) is 7.20. The second-order valence-electron chi connectivity index (χ2n) is 6.56. The number of carbonyl (C=O) groups excluding carboxylic acids is 1. The summed E-state index contributed by atoms with van der Waals surface area (Å²) in [6.07, 6.45) is 7.01. The van der Waals surface area contributed by atoms with Crippen molar-refractivity contribution in [1.29, 1.82) is 0 Å². The molecule has 1 saturated carbocycles. The van der Waals surface area contributed by atoms with Crippen LogP contribution in [-0.2, 0) is 14.3 Å². The lowest BCUT2D eigenvalue weighted by Gasteiger charge is -2.30. The smallest absolute Gasteiger partial charge is 0.334 e. The van der Waals surface area contributed by atoms with Crippen LogP contribution >= 0.6 is 0 Å². The van der Waals surface area contributed by atoms with Gasteiger partial charge in [-0.25, -0.2) is 4.79 Å². The van der Waals surface area contributed by atoms with Crippen molar-refractivity contribution in [2.24, 2.45) is 23.7 Å². The fourth-order valence-corrected chi connectivity index (χ4v) is 4.59. The van der Waals surface area contributed by atoms with Crippen LogP contribution in [0.15, 0.2) is 11.6 Å². The van der Waals surface area contributed by atoms with Gasteiger partial charge < -0.3 is 9.47 Å². The molecular weight excluding hydrogens is 228 g/mol. The number of hydrogen-bond donors (Lipinski definition) is 0. The molecule has 0 N–H and O–H groups in total. The second-order valence-corrected chi connectivity index (χ2v) is 6.56. The van der Waals surface area contributed by atoms with Crippen LogP contribution in [0, 0.1) is 23.7 Å². The standard InChI is InChI=1S/C15H20O3/c1-15(8-18-15)12-6-5-9-3-2-4-10-11(13(9)12)7-17-14(10)16/h4,9,11-13H,2-3,5-8H2,1H3/t9?,11?,12?,13?,15-/m0/s1. The Bertz CT molecular complexity index is 421. The Balaban J connectivity index is 1.69. The van der Waals surface area contributed by atoms with Crippen molar-refractivity contribution in [3.63, 3.8) is 0 Å². The minimum Gasteiger partial charge on any atom is -0.462 e. The zero-order valence-corrected chi connectivity index (χ0v) is 10.9. The molecule has 2 heterocycles. The Morgan fingerprint density at radius 2 is 2.17 bits per heavy atom. The number of hydrogen-bond acceptors (Lipinski definition) is 3. The molecule has 3 nitrogen and oxygen atoms in total. The summed E-state index contributed by atoms with van der Waals surface area (Å²) in [5.74, 6) is 2.29. The molecule has 18 heavy (non-hydrogen) atoms. The van der Waals surface area contributed by atoms with Gasteiger partial charge in [0.05, 0.1) is 18.8 Å². The van der Waals surface area contributed by atoms with E-state index >= 15 is 0 Å². The number of cyclic esters (lactones) is 1. The topological polar surface area (TPSA) is 38.8 Å². The summed E-state index contributed by atoms with van der Waals surface area (Å²) in [6, 6.07) is 0. The maximum absolute atomic E-state index is 11.8. The van der Waals surface area contributed by atoms with Crippen LogP contribution in [0.4, 0.5) is 0 Å². The van der Waals surface area contributed by atoms with E-state index in [1.807, 2.05) is 0 Å². The summed E-state index contributed by atoms with van der Waals surface area (Å²) in [6.45, 7) is 3.76. The van der Waals surface area contributed by atoms with Crippen LogP contribution < -0.4 is 0 Å². The fourth-order valence-electron chi connectivity index (χ4n) is 4.59. The van der Waals surface area contributed by atoms with Gasteiger partial charge in [-0.2, -0.15) is 0 Å². The first-order valence-corrected chi connectivity index (χ1v) is 7.20. The third-order valence-electron chi connectivity index (χ3n) is 5.64. The number of carbonyl (C=O) groups is 1. The molecule has 0 aromatic carbocycles. The van der Waals surface area contributed by atoms with Gasteiger partial charge in [0.15, 0.2) is 0 Å². The largest absolute Gasteiger partial charge is 0.462 e. The molecule has 0 bridgehead atoms. The van der Waals surface area contributed by atoms with Crippen molar-refractivity contribution in [1.82, 2.24) is 0 Å². The third kappa shape index (κ3) is 1.43. The summed E-state index contributed by atoms with van der Waals surface area (Å²) in [4.78, 5) is 11.8. The number of epoxide rings is 1. The number of esters is 1. The van der Waals surface area contributed by atoms with Gasteiger partial charge in [-0.15, -0.1) is 0 Å². The van der Waals surface area contributed by atoms with E-state index in [0.29, 0.717) is 24.4 Å². The first kappa shape index (κ1) is 11.0. The lowest BCUT2D eigenvalue weighted by Crippen LogP contribution is -2.33. The summed E-state index contributed by atoms with van der Waals surface area (Å²) in [7, 11) is 0. The summed E-state index contributed by atoms with van der Waals surface area (Å²) < 4.78 is 11.0. The number of ether oxygens (including phenoxy) is 2. The lowest BCUT2D eigenvalue weighted by molar-refractivity contribution is -0.135. The lowest BCUT2D eigenvalue weighted by atomic mass is 9.73. The normalized spacial score (nSPS) is 50.1. The Kier molecular flexibility index (Phi) is 2.20. The molecule has 0 radical (unpaired) electrons. The highest BCUT2D eigenvalue weighted by atomic mass is 16.6. The average Bonchev–Trinajstić information content (AvgIpc) is 2.86. The van der Waals surface area contributed by atoms with Crippen LogP contribution in [0.1, 0.15) is 32.6 Å². The molecule has 3 fully saturated rings. The minimum absolute atomic E-state index is 0.0619. The van der Waals surface area contributed by atoms with E-state index < -0.39 is 0 Å². The van der Waals surface area contributed by atoms with E-state index in [4.69, 9.17) is 9.47 Å². The van der Waals surface area contributed by atoms with Crippen molar-refractivity contribution in [2.45, 2.75) is 38.2 Å². The molecule has 4 rings (SSSR count). The molecule has 3 heteroatoms. The molecule has 2 aliphatic carbocycles. The van der Waals surface area contributed by atoms with Gasteiger partial charge in [-0.1, -0.05) is 6.08 Å². The molecule has 98 valence electrons. The van der Waals surface area contributed by atoms with Crippen molar-refractivity contribution < 1.29 is 14.3 Å². The van der Waals surface area contributed by atoms with E-state index in [1.165, 1.54) is 19.3 Å². The van der Waals surface area contributed by atoms with Crippen molar-refractivity contribution in [3.8, 4) is 0 Å². The Labute approximate surface area is 108 Å². The zero-order chi connectivity index (χ0) is 12.3. The summed E-state index contributed by atoms with van der Waals surface area (Å²) in [5, 5.41) is 0. The predicted molar refractivity (Wildman–Crippen MR) is 65.8 cm³/mol. The van der Waals surface area contributed by atoms with Crippen LogP contribution in [0.3, 0.4) is 0 Å². The monoisotopic (exact) mass is 248 g/mol. The highest BCUT2D eigenvalue weighted by Gasteiger charge is 2.57.